The van der Waals surface area contributed by atoms with Crippen LogP contribution in [0.15, 0.2) is 54.6 Å². The van der Waals surface area contributed by atoms with Crippen LogP contribution in [0.2, 0.25) is 0 Å². The van der Waals surface area contributed by atoms with Crippen molar-refractivity contribution >= 4 is 11.9 Å². The van der Waals surface area contributed by atoms with E-state index in [4.69, 9.17) is 4.74 Å². The maximum Gasteiger partial charge on any atom is 0.365 e. The smallest absolute Gasteiger partial charge is 0.365 e. The predicted octanol–water partition coefficient (Wildman–Crippen LogP) is 1.05. The minimum Gasteiger partial charge on any atom is -0.465 e. The van der Waals surface area contributed by atoms with Crippen molar-refractivity contribution in [1.82, 2.24) is 5.32 Å². The largest absolute Gasteiger partial charge is 0.465 e. The van der Waals surface area contributed by atoms with Crippen molar-refractivity contribution in [2.75, 3.05) is 13.7 Å². The fourth-order valence-electron chi connectivity index (χ4n) is 3.56. The first kappa shape index (κ1) is 18.1. The normalized spacial score (nSPS) is 19.9. The minimum atomic E-state index is -0.354. The molecule has 0 aromatic heterocycles. The molecule has 0 spiro atoms. The van der Waals surface area contributed by atoms with Crippen LogP contribution >= 0.6 is 0 Å². The van der Waals surface area contributed by atoms with Crippen LogP contribution in [0.1, 0.15) is 29.7 Å². The third-order valence-electron chi connectivity index (χ3n) is 5.00. The van der Waals surface area contributed by atoms with Crippen molar-refractivity contribution < 1.29 is 19.2 Å². The number of amides is 1. The van der Waals surface area contributed by atoms with Gasteiger partial charge >= 0.3 is 5.97 Å². The first-order valence-corrected chi connectivity index (χ1v) is 8.92. The molecule has 0 aliphatic carbocycles. The molecule has 0 fully saturated rings. The molecule has 3 atom stereocenters. The van der Waals surface area contributed by atoms with Gasteiger partial charge in [-0.1, -0.05) is 54.6 Å². The molecule has 1 amide bonds. The van der Waals surface area contributed by atoms with Crippen molar-refractivity contribution in [3.8, 4) is 0 Å². The fraction of sp³-hybridized carbons (Fsp3) is 0.333. The number of methoxy groups -OCH3 is 1. The highest BCUT2D eigenvalue weighted by Crippen LogP contribution is 2.14. The Labute approximate surface area is 154 Å². The van der Waals surface area contributed by atoms with Gasteiger partial charge in [0.05, 0.1) is 13.2 Å². The summed E-state index contributed by atoms with van der Waals surface area (Å²) in [7, 11) is 1.40. The van der Waals surface area contributed by atoms with Crippen molar-refractivity contribution in [1.29, 1.82) is 0 Å². The highest BCUT2D eigenvalue weighted by molar-refractivity contribution is 5.78. The number of carbonyl (C=O) groups excluding carboxylic acids is 2. The lowest BCUT2D eigenvalue weighted by atomic mass is 9.94. The number of ether oxygens (including phenoxy) is 1. The molecule has 5 heteroatoms. The molecular formula is C21H25N2O3+. The van der Waals surface area contributed by atoms with E-state index >= 15 is 0 Å². The second-order valence-corrected chi connectivity index (χ2v) is 6.76. The first-order chi connectivity index (χ1) is 12.6. The van der Waals surface area contributed by atoms with Crippen molar-refractivity contribution in [2.45, 2.75) is 32.0 Å². The Balaban J connectivity index is 1.70. The van der Waals surface area contributed by atoms with Crippen molar-refractivity contribution in [3.05, 3.63) is 71.3 Å². The van der Waals surface area contributed by atoms with Gasteiger partial charge in [-0.15, -0.1) is 0 Å². The fourth-order valence-corrected chi connectivity index (χ4v) is 3.56. The van der Waals surface area contributed by atoms with E-state index in [1.54, 1.807) is 0 Å². The standard InChI is InChI=1S/C21H24N2O3/c1-15(16-8-4-3-5-9-16)22-20(24)14-23-13-18-11-7-6-10-17(18)12-19(23)21(25)26-2/h3-11,15,19H,12-14H2,1-2H3,(H,22,24)/p+1/t15-,19+/m0/s1. The Morgan fingerprint density at radius 1 is 1.12 bits per heavy atom. The first-order valence-electron chi connectivity index (χ1n) is 8.92. The minimum absolute atomic E-state index is 0.0652. The third kappa shape index (κ3) is 4.11. The molecule has 3 rings (SSSR count). The Bertz CT molecular complexity index is 776. The van der Waals surface area contributed by atoms with E-state index in [1.807, 2.05) is 55.5 Å². The summed E-state index contributed by atoms with van der Waals surface area (Å²) in [6, 6.07) is 17.5. The van der Waals surface area contributed by atoms with Crippen LogP contribution < -0.4 is 10.2 Å². The molecule has 0 saturated heterocycles. The zero-order chi connectivity index (χ0) is 18.5. The molecule has 2 N–H and O–H groups in total. The number of nitrogens with one attached hydrogen (secondary N) is 2. The molecular weight excluding hydrogens is 328 g/mol. The van der Waals surface area contributed by atoms with Crippen LogP contribution in [0, 0.1) is 0 Å². The third-order valence-corrected chi connectivity index (χ3v) is 5.00. The van der Waals surface area contributed by atoms with Crippen molar-refractivity contribution in [3.63, 3.8) is 0 Å². The van der Waals surface area contributed by atoms with Gasteiger partial charge in [0.15, 0.2) is 12.6 Å². The van der Waals surface area contributed by atoms with Gasteiger partial charge in [-0.05, 0) is 18.1 Å². The predicted molar refractivity (Wildman–Crippen MR) is 98.5 cm³/mol. The molecule has 0 saturated carbocycles. The average molecular weight is 353 g/mol. The topological polar surface area (TPSA) is 59.8 Å². The van der Waals surface area contributed by atoms with E-state index in [-0.39, 0.29) is 30.5 Å². The Morgan fingerprint density at radius 3 is 2.46 bits per heavy atom. The van der Waals surface area contributed by atoms with Crippen LogP contribution in [0.25, 0.3) is 0 Å². The second-order valence-electron chi connectivity index (χ2n) is 6.76. The van der Waals surface area contributed by atoms with Gasteiger partial charge in [0, 0.05) is 12.0 Å². The lowest BCUT2D eigenvalue weighted by Crippen LogP contribution is -3.17. The molecule has 1 aliphatic heterocycles. The van der Waals surface area contributed by atoms with E-state index in [0.29, 0.717) is 13.0 Å². The molecule has 26 heavy (non-hydrogen) atoms. The van der Waals surface area contributed by atoms with Gasteiger partial charge < -0.3 is 15.0 Å². The lowest BCUT2D eigenvalue weighted by Gasteiger charge is -2.32. The zero-order valence-electron chi connectivity index (χ0n) is 15.2. The number of esters is 1. The number of carbonyl (C=O) groups is 2. The Morgan fingerprint density at radius 2 is 1.77 bits per heavy atom. The van der Waals surface area contributed by atoms with Gasteiger partial charge in [0.2, 0.25) is 0 Å². The summed E-state index contributed by atoms with van der Waals surface area (Å²) in [6.45, 7) is 2.85. The van der Waals surface area contributed by atoms with E-state index in [9.17, 15) is 9.59 Å². The van der Waals surface area contributed by atoms with Crippen LogP contribution in [0.3, 0.4) is 0 Å². The number of hydrogen-bond acceptors (Lipinski definition) is 3. The average Bonchev–Trinajstić information content (AvgIpc) is 2.67. The van der Waals surface area contributed by atoms with E-state index < -0.39 is 0 Å². The number of benzene rings is 2. The maximum absolute atomic E-state index is 12.6. The summed E-state index contributed by atoms with van der Waals surface area (Å²) in [5.74, 6) is -0.331. The maximum atomic E-state index is 12.6. The van der Waals surface area contributed by atoms with Gasteiger partial charge in [0.1, 0.15) is 6.54 Å². The van der Waals surface area contributed by atoms with Gasteiger partial charge in [-0.25, -0.2) is 4.79 Å². The van der Waals surface area contributed by atoms with E-state index in [0.717, 1.165) is 16.0 Å². The van der Waals surface area contributed by atoms with Crippen LogP contribution in [0.5, 0.6) is 0 Å². The molecule has 1 unspecified atom stereocenters. The summed E-state index contributed by atoms with van der Waals surface area (Å²) >= 11 is 0. The molecule has 0 radical (unpaired) electrons. The molecule has 1 aliphatic rings. The van der Waals surface area contributed by atoms with E-state index in [2.05, 4.69) is 11.4 Å². The molecule has 2 aromatic rings. The molecule has 136 valence electrons. The van der Waals surface area contributed by atoms with Crippen LogP contribution in [-0.4, -0.2) is 31.6 Å². The zero-order valence-corrected chi connectivity index (χ0v) is 15.2. The molecule has 0 bridgehead atoms. The Kier molecular flexibility index (Phi) is 5.68. The van der Waals surface area contributed by atoms with Crippen molar-refractivity contribution in [2.24, 2.45) is 0 Å². The quantitative estimate of drug-likeness (QED) is 0.790. The second kappa shape index (κ2) is 8.15. The number of fused-ring (bicyclic) bond motifs is 1. The molecule has 1 heterocycles. The van der Waals surface area contributed by atoms with Crippen LogP contribution in [0.4, 0.5) is 0 Å². The lowest BCUT2D eigenvalue weighted by molar-refractivity contribution is -0.924. The summed E-state index contributed by atoms with van der Waals surface area (Å²) in [6.07, 6.45) is 0.597. The molecule has 5 nitrogen and oxygen atoms in total. The van der Waals surface area contributed by atoms with E-state index in [1.165, 1.54) is 12.7 Å². The van der Waals surface area contributed by atoms with Crippen LogP contribution in [-0.2, 0) is 27.3 Å². The SMILES string of the molecule is COC(=O)[C@H]1Cc2ccccc2C[NH+]1CC(=O)N[C@@H](C)c1ccccc1. The highest BCUT2D eigenvalue weighted by Gasteiger charge is 2.37. The van der Waals surface area contributed by atoms with Gasteiger partial charge in [0.25, 0.3) is 5.91 Å². The summed E-state index contributed by atoms with van der Waals surface area (Å²) in [5.41, 5.74) is 3.40. The summed E-state index contributed by atoms with van der Waals surface area (Å²) in [5, 5.41) is 3.03. The monoisotopic (exact) mass is 353 g/mol. The Hall–Kier alpha value is -2.66. The summed E-state index contributed by atoms with van der Waals surface area (Å²) in [4.78, 5) is 25.7. The number of hydrogen-bond donors (Lipinski definition) is 2. The summed E-state index contributed by atoms with van der Waals surface area (Å²) < 4.78 is 4.98. The van der Waals surface area contributed by atoms with Gasteiger partial charge in [-0.2, -0.15) is 0 Å². The van der Waals surface area contributed by atoms with Gasteiger partial charge in [-0.3, -0.25) is 4.79 Å². The number of rotatable bonds is 5. The molecule has 2 aromatic carbocycles. The highest BCUT2D eigenvalue weighted by atomic mass is 16.5. The number of quaternary nitrogens is 1.